The Labute approximate surface area is 74.5 Å². The quantitative estimate of drug-likeness (QED) is 0.582. The summed E-state index contributed by atoms with van der Waals surface area (Å²) < 4.78 is 5.49. The predicted molar refractivity (Wildman–Crippen MR) is 47.9 cm³/mol. The van der Waals surface area contributed by atoms with Crippen LogP contribution in [0.4, 0.5) is 0 Å². The lowest BCUT2D eigenvalue weighted by atomic mass is 9.81. The van der Waals surface area contributed by atoms with Crippen molar-refractivity contribution in [2.24, 2.45) is 17.3 Å². The van der Waals surface area contributed by atoms with E-state index in [4.69, 9.17) is 4.74 Å². The molecule has 3 saturated carbocycles. The van der Waals surface area contributed by atoms with Crippen LogP contribution in [-0.2, 0) is 4.74 Å². The van der Waals surface area contributed by atoms with Crippen LogP contribution < -0.4 is 0 Å². The molecule has 12 heavy (non-hydrogen) atoms. The van der Waals surface area contributed by atoms with Crippen molar-refractivity contribution in [1.29, 1.82) is 0 Å². The van der Waals surface area contributed by atoms with Gasteiger partial charge in [-0.15, -0.1) is 0 Å². The molecule has 0 amide bonds. The Morgan fingerprint density at radius 2 is 2.00 bits per heavy atom. The number of hydrogen-bond donors (Lipinski definition) is 0. The molecule has 0 aromatic carbocycles. The topological polar surface area (TPSA) is 9.23 Å². The van der Waals surface area contributed by atoms with Crippen LogP contribution in [0.25, 0.3) is 0 Å². The average molecular weight is 166 g/mol. The lowest BCUT2D eigenvalue weighted by Crippen LogP contribution is -2.17. The minimum Gasteiger partial charge on any atom is -0.381 e. The Kier molecular flexibility index (Phi) is 1.39. The monoisotopic (exact) mass is 166 g/mol. The molecule has 0 aliphatic heterocycles. The molecule has 3 aliphatic rings. The van der Waals surface area contributed by atoms with Crippen LogP contribution in [0, 0.1) is 17.3 Å². The van der Waals surface area contributed by atoms with Gasteiger partial charge in [0.2, 0.25) is 0 Å². The lowest BCUT2D eigenvalue weighted by Gasteiger charge is -2.25. The van der Waals surface area contributed by atoms with Crippen LogP contribution >= 0.6 is 0 Å². The van der Waals surface area contributed by atoms with Crippen molar-refractivity contribution in [3.05, 3.63) is 0 Å². The number of ether oxygens (including phenoxy) is 1. The highest BCUT2D eigenvalue weighted by molar-refractivity contribution is 5.08. The van der Waals surface area contributed by atoms with E-state index in [1.165, 1.54) is 38.5 Å². The molecule has 0 heterocycles. The molecule has 2 bridgehead atoms. The minimum absolute atomic E-state index is 0.609. The molecule has 3 rings (SSSR count). The Morgan fingerprint density at radius 3 is 2.58 bits per heavy atom. The molecule has 0 aromatic heterocycles. The molecular formula is C11H18O. The number of rotatable bonds is 1. The van der Waals surface area contributed by atoms with Crippen molar-refractivity contribution in [3.8, 4) is 0 Å². The van der Waals surface area contributed by atoms with Crippen LogP contribution in [0.1, 0.15) is 38.5 Å². The van der Waals surface area contributed by atoms with Crippen LogP contribution in [0.2, 0.25) is 0 Å². The fourth-order valence-corrected chi connectivity index (χ4v) is 4.29. The first-order chi connectivity index (χ1) is 5.84. The van der Waals surface area contributed by atoms with Crippen LogP contribution in [0.15, 0.2) is 0 Å². The van der Waals surface area contributed by atoms with E-state index in [-0.39, 0.29) is 0 Å². The van der Waals surface area contributed by atoms with Gasteiger partial charge in [-0.3, -0.25) is 0 Å². The first-order valence-electron chi connectivity index (χ1n) is 5.37. The summed E-state index contributed by atoms with van der Waals surface area (Å²) in [5.74, 6) is 2.15. The van der Waals surface area contributed by atoms with E-state index in [1.807, 2.05) is 7.11 Å². The highest BCUT2D eigenvalue weighted by Crippen LogP contribution is 2.65. The summed E-state index contributed by atoms with van der Waals surface area (Å²) in [4.78, 5) is 0. The third kappa shape index (κ3) is 0.736. The van der Waals surface area contributed by atoms with Gasteiger partial charge in [-0.25, -0.2) is 0 Å². The third-order valence-electron chi connectivity index (χ3n) is 4.87. The highest BCUT2D eigenvalue weighted by Gasteiger charge is 2.57. The van der Waals surface area contributed by atoms with Crippen LogP contribution in [0.5, 0.6) is 0 Å². The van der Waals surface area contributed by atoms with Crippen molar-refractivity contribution in [3.63, 3.8) is 0 Å². The first-order valence-corrected chi connectivity index (χ1v) is 5.37. The van der Waals surface area contributed by atoms with Crippen molar-refractivity contribution in [2.45, 2.75) is 44.6 Å². The zero-order valence-electron chi connectivity index (χ0n) is 7.88. The SMILES string of the molecule is COC1CC2C3CCC2(CC3)C1. The zero-order chi connectivity index (χ0) is 8.18. The minimum atomic E-state index is 0.609. The zero-order valence-corrected chi connectivity index (χ0v) is 7.88. The summed E-state index contributed by atoms with van der Waals surface area (Å²) in [5, 5.41) is 0. The summed E-state index contributed by atoms with van der Waals surface area (Å²) >= 11 is 0. The standard InChI is InChI=1S/C11H18O/c1-12-9-6-10-8-2-4-11(10,7-9)5-3-8/h8-10H,2-7H2,1H3. The predicted octanol–water partition coefficient (Wildman–Crippen LogP) is 2.60. The Bertz CT molecular complexity index is 191. The summed E-state index contributed by atoms with van der Waals surface area (Å²) in [6.45, 7) is 0. The molecular weight excluding hydrogens is 148 g/mol. The van der Waals surface area contributed by atoms with Gasteiger partial charge in [-0.2, -0.15) is 0 Å². The van der Waals surface area contributed by atoms with Gasteiger partial charge < -0.3 is 4.74 Å². The molecule has 0 N–H and O–H groups in total. The fourth-order valence-electron chi connectivity index (χ4n) is 4.29. The van der Waals surface area contributed by atoms with E-state index in [0.717, 1.165) is 17.3 Å². The maximum atomic E-state index is 5.49. The molecule has 0 saturated heterocycles. The van der Waals surface area contributed by atoms with E-state index in [9.17, 15) is 0 Å². The van der Waals surface area contributed by atoms with E-state index >= 15 is 0 Å². The van der Waals surface area contributed by atoms with Gasteiger partial charge in [-0.1, -0.05) is 0 Å². The molecule has 0 aromatic rings. The van der Waals surface area contributed by atoms with Gasteiger partial charge in [0.25, 0.3) is 0 Å². The number of hydrogen-bond acceptors (Lipinski definition) is 1. The fraction of sp³-hybridized carbons (Fsp3) is 1.00. The molecule has 3 aliphatic carbocycles. The van der Waals surface area contributed by atoms with Gasteiger partial charge in [0, 0.05) is 7.11 Å². The molecule has 3 fully saturated rings. The third-order valence-corrected chi connectivity index (χ3v) is 4.87. The second kappa shape index (κ2) is 2.25. The lowest BCUT2D eigenvalue weighted by molar-refractivity contribution is 0.0864. The van der Waals surface area contributed by atoms with Crippen molar-refractivity contribution >= 4 is 0 Å². The van der Waals surface area contributed by atoms with Gasteiger partial charge in [0.1, 0.15) is 0 Å². The smallest absolute Gasteiger partial charge is 0.0579 e. The Morgan fingerprint density at radius 1 is 1.25 bits per heavy atom. The maximum absolute atomic E-state index is 5.49. The van der Waals surface area contributed by atoms with Crippen LogP contribution in [-0.4, -0.2) is 13.2 Å². The molecule has 1 heteroatoms. The van der Waals surface area contributed by atoms with E-state index in [1.54, 1.807) is 0 Å². The molecule has 2 atom stereocenters. The van der Waals surface area contributed by atoms with Gasteiger partial charge in [0.15, 0.2) is 0 Å². The Balaban J connectivity index is 1.87. The van der Waals surface area contributed by atoms with Crippen molar-refractivity contribution in [1.82, 2.24) is 0 Å². The van der Waals surface area contributed by atoms with E-state index in [2.05, 4.69) is 0 Å². The molecule has 68 valence electrons. The second-order valence-electron chi connectivity index (χ2n) is 5.10. The summed E-state index contributed by atoms with van der Waals surface area (Å²) in [5.41, 5.74) is 0.769. The van der Waals surface area contributed by atoms with Crippen LogP contribution in [0.3, 0.4) is 0 Å². The highest BCUT2D eigenvalue weighted by atomic mass is 16.5. The second-order valence-corrected chi connectivity index (χ2v) is 5.10. The largest absolute Gasteiger partial charge is 0.381 e. The number of methoxy groups -OCH3 is 1. The van der Waals surface area contributed by atoms with Crippen molar-refractivity contribution < 1.29 is 4.74 Å². The summed E-state index contributed by atoms with van der Waals surface area (Å²) in [6.07, 6.45) is 9.46. The first kappa shape index (κ1) is 7.37. The molecule has 0 radical (unpaired) electrons. The van der Waals surface area contributed by atoms with Crippen molar-refractivity contribution in [2.75, 3.05) is 7.11 Å². The van der Waals surface area contributed by atoms with E-state index < -0.39 is 0 Å². The normalized spacial score (nSPS) is 56.2. The Hall–Kier alpha value is -0.0400. The maximum Gasteiger partial charge on any atom is 0.0579 e. The summed E-state index contributed by atoms with van der Waals surface area (Å²) in [7, 11) is 1.88. The van der Waals surface area contributed by atoms with E-state index in [0.29, 0.717) is 6.10 Å². The van der Waals surface area contributed by atoms with Gasteiger partial charge in [0.05, 0.1) is 6.10 Å². The van der Waals surface area contributed by atoms with Gasteiger partial charge in [-0.05, 0) is 55.8 Å². The molecule has 1 nitrogen and oxygen atoms in total. The molecule has 0 spiro atoms. The summed E-state index contributed by atoms with van der Waals surface area (Å²) in [6, 6.07) is 0. The molecule has 2 unspecified atom stereocenters. The van der Waals surface area contributed by atoms with Gasteiger partial charge >= 0.3 is 0 Å². The average Bonchev–Trinajstić information content (AvgIpc) is 2.66.